The number of nitrogens with one attached hydrogen (secondary N) is 1. The topological polar surface area (TPSA) is 15.3 Å². The third-order valence-corrected chi connectivity index (χ3v) is 4.39. The molecule has 3 rings (SSSR count). The van der Waals surface area contributed by atoms with Gasteiger partial charge in [0, 0.05) is 19.1 Å². The number of aryl methyl sites for hydroxylation is 1. The minimum Gasteiger partial charge on any atom is -0.314 e. The largest absolute Gasteiger partial charge is 0.314 e. The molecule has 0 amide bonds. The van der Waals surface area contributed by atoms with Gasteiger partial charge in [0.25, 0.3) is 0 Å². The zero-order valence-corrected chi connectivity index (χ0v) is 11.9. The molecule has 3 heteroatoms. The van der Waals surface area contributed by atoms with Crippen LogP contribution in [0, 0.1) is 12.8 Å². The lowest BCUT2D eigenvalue weighted by molar-refractivity contribution is 0.155. The quantitative estimate of drug-likeness (QED) is 0.885. The second-order valence-corrected chi connectivity index (χ2v) is 5.56. The van der Waals surface area contributed by atoms with Crippen molar-refractivity contribution in [2.24, 2.45) is 5.92 Å². The summed E-state index contributed by atoms with van der Waals surface area (Å²) in [5, 5.41) is 3.63. The highest BCUT2D eigenvalue weighted by Gasteiger charge is 2.32. The molecule has 0 aromatic heterocycles. The molecule has 2 aliphatic heterocycles. The fraction of sp³-hybridized carbons (Fsp3) is 0.600. The van der Waals surface area contributed by atoms with Crippen molar-refractivity contribution in [2.45, 2.75) is 32.4 Å². The Hall–Kier alpha value is -0.570. The molecule has 1 aromatic carbocycles. The average Bonchev–Trinajstić information content (AvgIpc) is 2.79. The molecule has 18 heavy (non-hydrogen) atoms. The van der Waals surface area contributed by atoms with Gasteiger partial charge >= 0.3 is 0 Å². The summed E-state index contributed by atoms with van der Waals surface area (Å²) in [5.41, 5.74) is 2.93. The van der Waals surface area contributed by atoms with Crippen LogP contribution in [-0.2, 0) is 6.54 Å². The van der Waals surface area contributed by atoms with Gasteiger partial charge < -0.3 is 5.32 Å². The Morgan fingerprint density at radius 1 is 1.28 bits per heavy atom. The van der Waals surface area contributed by atoms with Crippen LogP contribution in [0.2, 0.25) is 0 Å². The summed E-state index contributed by atoms with van der Waals surface area (Å²) in [6.45, 7) is 7.12. The first-order valence-electron chi connectivity index (χ1n) is 6.83. The third-order valence-electron chi connectivity index (χ3n) is 4.39. The molecular weight excluding hydrogens is 244 g/mol. The van der Waals surface area contributed by atoms with Gasteiger partial charge in [0.15, 0.2) is 0 Å². The Bertz CT molecular complexity index is 394. The number of piperidine rings is 1. The van der Waals surface area contributed by atoms with Crippen molar-refractivity contribution >= 4 is 12.4 Å². The Morgan fingerprint density at radius 2 is 2.11 bits per heavy atom. The Morgan fingerprint density at radius 3 is 2.94 bits per heavy atom. The normalized spacial score (nSPS) is 27.6. The number of fused-ring (bicyclic) bond motifs is 1. The van der Waals surface area contributed by atoms with E-state index in [0.29, 0.717) is 0 Å². The van der Waals surface area contributed by atoms with E-state index in [4.69, 9.17) is 0 Å². The molecular formula is C15H23ClN2. The molecule has 2 fully saturated rings. The smallest absolute Gasteiger partial charge is 0.0236 e. The van der Waals surface area contributed by atoms with Crippen LogP contribution in [0.5, 0.6) is 0 Å². The van der Waals surface area contributed by atoms with Crippen molar-refractivity contribution in [2.75, 3.05) is 19.6 Å². The van der Waals surface area contributed by atoms with E-state index in [1.165, 1.54) is 43.6 Å². The molecule has 2 heterocycles. The number of hydrogen-bond donors (Lipinski definition) is 1. The molecule has 2 unspecified atom stereocenters. The van der Waals surface area contributed by atoms with Gasteiger partial charge in [-0.3, -0.25) is 4.90 Å². The number of nitrogens with zero attached hydrogens (tertiary/aromatic N) is 1. The SMILES string of the molecule is Cc1ccccc1CN1CCC2NCCC2C1.Cl. The zero-order chi connectivity index (χ0) is 11.7. The summed E-state index contributed by atoms with van der Waals surface area (Å²) in [6, 6.07) is 9.59. The van der Waals surface area contributed by atoms with Crippen LogP contribution >= 0.6 is 12.4 Å². The lowest BCUT2D eigenvalue weighted by atomic mass is 9.93. The zero-order valence-electron chi connectivity index (χ0n) is 11.1. The van der Waals surface area contributed by atoms with Gasteiger partial charge in [0.2, 0.25) is 0 Å². The molecule has 1 aromatic rings. The molecule has 2 saturated heterocycles. The number of benzene rings is 1. The minimum absolute atomic E-state index is 0. The second-order valence-electron chi connectivity index (χ2n) is 5.56. The van der Waals surface area contributed by atoms with Crippen molar-refractivity contribution < 1.29 is 0 Å². The molecule has 100 valence electrons. The van der Waals surface area contributed by atoms with Crippen molar-refractivity contribution in [3.05, 3.63) is 35.4 Å². The average molecular weight is 267 g/mol. The predicted octanol–water partition coefficient (Wildman–Crippen LogP) is 2.60. The maximum Gasteiger partial charge on any atom is 0.0236 e. The molecule has 0 saturated carbocycles. The van der Waals surface area contributed by atoms with Crippen molar-refractivity contribution in [3.63, 3.8) is 0 Å². The van der Waals surface area contributed by atoms with E-state index >= 15 is 0 Å². The molecule has 0 aliphatic carbocycles. The molecule has 0 radical (unpaired) electrons. The van der Waals surface area contributed by atoms with E-state index in [1.807, 2.05) is 0 Å². The summed E-state index contributed by atoms with van der Waals surface area (Å²) in [4.78, 5) is 2.64. The van der Waals surface area contributed by atoms with Gasteiger partial charge in [0.05, 0.1) is 0 Å². The fourth-order valence-electron chi connectivity index (χ4n) is 3.29. The van der Waals surface area contributed by atoms with Crippen molar-refractivity contribution in [1.82, 2.24) is 10.2 Å². The van der Waals surface area contributed by atoms with Crippen LogP contribution in [-0.4, -0.2) is 30.6 Å². The standard InChI is InChI=1S/C15H22N2.ClH/c1-12-4-2-3-5-13(12)10-17-9-7-15-14(11-17)6-8-16-15;/h2-5,14-16H,6-11H2,1H3;1H. The van der Waals surface area contributed by atoms with Crippen LogP contribution in [0.3, 0.4) is 0 Å². The minimum atomic E-state index is 0. The van der Waals surface area contributed by atoms with E-state index in [2.05, 4.69) is 41.4 Å². The maximum absolute atomic E-state index is 3.63. The Labute approximate surface area is 116 Å². The summed E-state index contributed by atoms with van der Waals surface area (Å²) in [7, 11) is 0. The van der Waals surface area contributed by atoms with E-state index in [0.717, 1.165) is 18.5 Å². The predicted molar refractivity (Wildman–Crippen MR) is 78.2 cm³/mol. The van der Waals surface area contributed by atoms with Gasteiger partial charge in [-0.05, 0) is 49.9 Å². The van der Waals surface area contributed by atoms with E-state index < -0.39 is 0 Å². The van der Waals surface area contributed by atoms with E-state index in [9.17, 15) is 0 Å². The van der Waals surface area contributed by atoms with E-state index in [-0.39, 0.29) is 12.4 Å². The highest BCUT2D eigenvalue weighted by Crippen LogP contribution is 2.25. The number of hydrogen-bond acceptors (Lipinski definition) is 2. The van der Waals surface area contributed by atoms with Gasteiger partial charge in [-0.25, -0.2) is 0 Å². The summed E-state index contributed by atoms with van der Waals surface area (Å²) in [6.07, 6.45) is 2.70. The molecule has 2 aliphatic rings. The summed E-state index contributed by atoms with van der Waals surface area (Å²) < 4.78 is 0. The first kappa shape index (κ1) is 13.9. The molecule has 0 bridgehead atoms. The van der Waals surface area contributed by atoms with Gasteiger partial charge in [-0.15, -0.1) is 12.4 Å². The number of likely N-dealkylation sites (tertiary alicyclic amines) is 1. The van der Waals surface area contributed by atoms with Crippen LogP contribution in [0.4, 0.5) is 0 Å². The van der Waals surface area contributed by atoms with Crippen molar-refractivity contribution in [3.8, 4) is 0 Å². The van der Waals surface area contributed by atoms with Gasteiger partial charge in [0.1, 0.15) is 0 Å². The van der Waals surface area contributed by atoms with Crippen LogP contribution in [0.1, 0.15) is 24.0 Å². The van der Waals surface area contributed by atoms with Crippen LogP contribution in [0.25, 0.3) is 0 Å². The van der Waals surface area contributed by atoms with Crippen LogP contribution < -0.4 is 5.32 Å². The highest BCUT2D eigenvalue weighted by molar-refractivity contribution is 5.85. The Kier molecular flexibility index (Phi) is 4.66. The molecule has 2 nitrogen and oxygen atoms in total. The molecule has 2 atom stereocenters. The molecule has 1 N–H and O–H groups in total. The number of halogens is 1. The molecule has 0 spiro atoms. The monoisotopic (exact) mass is 266 g/mol. The first-order valence-corrected chi connectivity index (χ1v) is 6.83. The first-order chi connectivity index (χ1) is 8.33. The summed E-state index contributed by atoms with van der Waals surface area (Å²) in [5.74, 6) is 0.896. The lowest BCUT2D eigenvalue weighted by Crippen LogP contribution is -2.43. The van der Waals surface area contributed by atoms with Crippen molar-refractivity contribution in [1.29, 1.82) is 0 Å². The van der Waals surface area contributed by atoms with Crippen LogP contribution in [0.15, 0.2) is 24.3 Å². The van der Waals surface area contributed by atoms with E-state index in [1.54, 1.807) is 0 Å². The van der Waals surface area contributed by atoms with Gasteiger partial charge in [-0.2, -0.15) is 0 Å². The summed E-state index contributed by atoms with van der Waals surface area (Å²) >= 11 is 0. The third kappa shape index (κ3) is 2.87. The van der Waals surface area contributed by atoms with Gasteiger partial charge in [-0.1, -0.05) is 24.3 Å². The number of rotatable bonds is 2. The second kappa shape index (κ2) is 6.05. The highest BCUT2D eigenvalue weighted by atomic mass is 35.5. The fourth-order valence-corrected chi connectivity index (χ4v) is 3.29. The maximum atomic E-state index is 3.63. The Balaban J connectivity index is 0.00000120. The lowest BCUT2D eigenvalue weighted by Gasteiger charge is -2.35.